The van der Waals surface area contributed by atoms with Crippen LogP contribution in [0.5, 0.6) is 0 Å². The van der Waals surface area contributed by atoms with Crippen molar-refractivity contribution in [2.75, 3.05) is 6.54 Å². The molecule has 4 rings (SSSR count). The standard InChI is InChI=1S/C18H17NS/c1-2-9-17-13(6-1)12-15-14(7-5-10-18(15)20-17)16-8-3-4-11-19-16/h1-2,5-7,9-10,12,19H,3-4,8,11H2. The zero-order valence-corrected chi connectivity index (χ0v) is 12.2. The lowest BCUT2D eigenvalue weighted by molar-refractivity contribution is 0.641. The van der Waals surface area contributed by atoms with E-state index in [0.29, 0.717) is 0 Å². The highest BCUT2D eigenvalue weighted by atomic mass is 32.2. The van der Waals surface area contributed by atoms with Crippen LogP contribution < -0.4 is 15.8 Å². The molecule has 0 amide bonds. The first kappa shape index (κ1) is 12.1. The number of rotatable bonds is 0. The van der Waals surface area contributed by atoms with Gasteiger partial charge in [0.15, 0.2) is 0 Å². The third kappa shape index (κ3) is 2.04. The number of nitrogens with one attached hydrogen (secondary N) is 1. The van der Waals surface area contributed by atoms with Crippen LogP contribution >= 0.6 is 11.8 Å². The predicted octanol–water partition coefficient (Wildman–Crippen LogP) is 2.86. The monoisotopic (exact) mass is 279 g/mol. The Labute approximate surface area is 123 Å². The van der Waals surface area contributed by atoms with Crippen molar-refractivity contribution in [3.63, 3.8) is 0 Å². The molecule has 2 aromatic carbocycles. The summed E-state index contributed by atoms with van der Waals surface area (Å²) in [6, 6.07) is 15.3. The second-order valence-electron chi connectivity index (χ2n) is 5.36. The lowest BCUT2D eigenvalue weighted by Gasteiger charge is -2.19. The Balaban J connectivity index is 2.00. The summed E-state index contributed by atoms with van der Waals surface area (Å²) in [4.78, 5) is 2.74. The van der Waals surface area contributed by atoms with Gasteiger partial charge in [-0.25, -0.2) is 0 Å². The van der Waals surface area contributed by atoms with Crippen LogP contribution in [0.3, 0.4) is 0 Å². The molecule has 0 spiro atoms. The minimum Gasteiger partial charge on any atom is -0.388 e. The van der Waals surface area contributed by atoms with Crippen LogP contribution in [0.1, 0.15) is 24.8 Å². The zero-order valence-electron chi connectivity index (χ0n) is 11.4. The molecule has 0 aliphatic carbocycles. The average Bonchev–Trinajstić information content (AvgIpc) is 2.53. The van der Waals surface area contributed by atoms with E-state index in [1.165, 1.54) is 50.8 Å². The average molecular weight is 279 g/mol. The van der Waals surface area contributed by atoms with E-state index < -0.39 is 0 Å². The van der Waals surface area contributed by atoms with Crippen molar-refractivity contribution >= 4 is 23.5 Å². The molecule has 1 nitrogen and oxygen atoms in total. The summed E-state index contributed by atoms with van der Waals surface area (Å²) in [7, 11) is 0. The summed E-state index contributed by atoms with van der Waals surface area (Å²) in [6.45, 7) is 1.11. The number of piperidine rings is 1. The molecule has 2 aromatic rings. The van der Waals surface area contributed by atoms with E-state index in [9.17, 15) is 0 Å². The zero-order chi connectivity index (χ0) is 13.4. The number of fused-ring (bicyclic) bond motifs is 2. The smallest absolute Gasteiger partial charge is 0.0201 e. The van der Waals surface area contributed by atoms with Gasteiger partial charge in [0.2, 0.25) is 0 Å². The normalized spacial score (nSPS) is 19.4. The Morgan fingerprint density at radius 2 is 1.80 bits per heavy atom. The SMILES string of the molecule is C1=c2c(cccc2=C2CCCCN2)Sc2ccccc21. The van der Waals surface area contributed by atoms with Crippen molar-refractivity contribution in [2.45, 2.75) is 29.1 Å². The van der Waals surface area contributed by atoms with Crippen LogP contribution in [-0.4, -0.2) is 6.54 Å². The molecule has 0 atom stereocenters. The molecule has 2 heterocycles. The lowest BCUT2D eigenvalue weighted by Crippen LogP contribution is -2.36. The molecule has 2 heteroatoms. The van der Waals surface area contributed by atoms with Crippen LogP contribution in [0.2, 0.25) is 0 Å². The minimum absolute atomic E-state index is 1.11. The van der Waals surface area contributed by atoms with Crippen molar-refractivity contribution < 1.29 is 0 Å². The Hall–Kier alpha value is -1.67. The van der Waals surface area contributed by atoms with Crippen LogP contribution in [0.15, 0.2) is 52.3 Å². The Kier molecular flexibility index (Phi) is 3.04. The Morgan fingerprint density at radius 3 is 2.70 bits per heavy atom. The highest BCUT2D eigenvalue weighted by molar-refractivity contribution is 7.99. The minimum atomic E-state index is 1.11. The summed E-state index contributed by atoms with van der Waals surface area (Å²) in [5, 5.41) is 6.38. The van der Waals surface area contributed by atoms with E-state index in [1.54, 1.807) is 0 Å². The largest absolute Gasteiger partial charge is 0.388 e. The van der Waals surface area contributed by atoms with Crippen LogP contribution in [0, 0.1) is 0 Å². The first-order chi connectivity index (χ1) is 9.92. The lowest BCUT2D eigenvalue weighted by atomic mass is 10.0. The molecule has 2 aliphatic heterocycles. The van der Waals surface area contributed by atoms with Crippen molar-refractivity contribution in [3.8, 4) is 0 Å². The quantitative estimate of drug-likeness (QED) is 0.679. The third-order valence-corrected chi connectivity index (χ3v) is 5.19. The van der Waals surface area contributed by atoms with Gasteiger partial charge in [0.25, 0.3) is 0 Å². The van der Waals surface area contributed by atoms with Crippen molar-refractivity contribution in [3.05, 3.63) is 58.5 Å². The van der Waals surface area contributed by atoms with Crippen molar-refractivity contribution in [2.24, 2.45) is 0 Å². The fraction of sp³-hybridized carbons (Fsp3) is 0.222. The molecule has 1 N–H and O–H groups in total. The molecule has 2 aliphatic rings. The summed E-state index contributed by atoms with van der Waals surface area (Å²) in [5.74, 6) is 0. The van der Waals surface area contributed by atoms with Crippen LogP contribution in [0.4, 0.5) is 0 Å². The molecule has 0 aromatic heterocycles. The second kappa shape index (κ2) is 5.02. The third-order valence-electron chi connectivity index (χ3n) is 4.02. The first-order valence-electron chi connectivity index (χ1n) is 7.26. The molecule has 0 radical (unpaired) electrons. The van der Waals surface area contributed by atoms with Crippen molar-refractivity contribution in [1.82, 2.24) is 5.32 Å². The van der Waals surface area contributed by atoms with Crippen molar-refractivity contribution in [1.29, 1.82) is 0 Å². The highest BCUT2D eigenvalue weighted by Gasteiger charge is 2.12. The highest BCUT2D eigenvalue weighted by Crippen LogP contribution is 2.31. The van der Waals surface area contributed by atoms with Crippen LogP contribution in [-0.2, 0) is 0 Å². The van der Waals surface area contributed by atoms with E-state index in [0.717, 1.165) is 6.54 Å². The summed E-state index contributed by atoms with van der Waals surface area (Å²) in [5.41, 5.74) is 2.76. The van der Waals surface area contributed by atoms with Gasteiger partial charge in [-0.05, 0) is 48.3 Å². The molecule has 1 fully saturated rings. The maximum absolute atomic E-state index is 3.60. The Bertz CT molecular complexity index is 768. The van der Waals surface area contributed by atoms with E-state index in [2.05, 4.69) is 53.9 Å². The molecule has 1 saturated heterocycles. The number of benzene rings is 2. The van der Waals surface area contributed by atoms with Gasteiger partial charge in [0.1, 0.15) is 0 Å². The van der Waals surface area contributed by atoms with Gasteiger partial charge in [-0.3, -0.25) is 0 Å². The maximum atomic E-state index is 3.60. The van der Waals surface area contributed by atoms with Crippen LogP contribution in [0.25, 0.3) is 11.8 Å². The maximum Gasteiger partial charge on any atom is 0.0201 e. The molecule has 0 bridgehead atoms. The van der Waals surface area contributed by atoms with Gasteiger partial charge in [-0.1, -0.05) is 42.1 Å². The summed E-state index contributed by atoms with van der Waals surface area (Å²) < 4.78 is 0. The fourth-order valence-corrected chi connectivity index (χ4v) is 4.05. The van der Waals surface area contributed by atoms with E-state index in [-0.39, 0.29) is 0 Å². The van der Waals surface area contributed by atoms with E-state index in [4.69, 9.17) is 0 Å². The predicted molar refractivity (Wildman–Crippen MR) is 85.1 cm³/mol. The molecule has 0 unspecified atom stereocenters. The summed E-state index contributed by atoms with van der Waals surface area (Å²) in [6.07, 6.45) is 6.12. The number of hydrogen-bond acceptors (Lipinski definition) is 2. The molecule has 20 heavy (non-hydrogen) atoms. The van der Waals surface area contributed by atoms with Gasteiger partial charge in [-0.2, -0.15) is 0 Å². The Morgan fingerprint density at radius 1 is 0.900 bits per heavy atom. The topological polar surface area (TPSA) is 12.0 Å². The number of hydrogen-bond donors (Lipinski definition) is 1. The van der Waals surface area contributed by atoms with Gasteiger partial charge < -0.3 is 5.32 Å². The van der Waals surface area contributed by atoms with Gasteiger partial charge in [0.05, 0.1) is 0 Å². The second-order valence-corrected chi connectivity index (χ2v) is 6.45. The molecule has 100 valence electrons. The fourth-order valence-electron chi connectivity index (χ4n) is 3.00. The summed E-state index contributed by atoms with van der Waals surface area (Å²) >= 11 is 1.89. The van der Waals surface area contributed by atoms with E-state index in [1.807, 2.05) is 11.8 Å². The molecular weight excluding hydrogens is 262 g/mol. The molecular formula is C18H17NS. The van der Waals surface area contributed by atoms with Gasteiger partial charge in [0, 0.05) is 27.3 Å². The first-order valence-corrected chi connectivity index (χ1v) is 8.08. The molecule has 0 saturated carbocycles. The van der Waals surface area contributed by atoms with Gasteiger partial charge in [-0.15, -0.1) is 0 Å². The van der Waals surface area contributed by atoms with E-state index >= 15 is 0 Å². The van der Waals surface area contributed by atoms with Gasteiger partial charge >= 0.3 is 0 Å².